The van der Waals surface area contributed by atoms with Crippen LogP contribution >= 0.6 is 0 Å². The molecule has 1 aliphatic heterocycles. The van der Waals surface area contributed by atoms with Crippen LogP contribution in [0.25, 0.3) is 16.7 Å². The fraction of sp³-hybridized carbons (Fsp3) is 0.296. The number of piperazine rings is 1. The van der Waals surface area contributed by atoms with Gasteiger partial charge in [-0.3, -0.25) is 9.69 Å². The van der Waals surface area contributed by atoms with E-state index in [4.69, 9.17) is 9.52 Å². The van der Waals surface area contributed by atoms with Crippen molar-refractivity contribution in [3.05, 3.63) is 92.6 Å². The number of fused-ring (bicyclic) bond motifs is 1. The fourth-order valence-electron chi connectivity index (χ4n) is 4.90. The molecule has 174 valence electrons. The third-order valence-electron chi connectivity index (χ3n) is 6.75. The van der Waals surface area contributed by atoms with E-state index in [0.717, 1.165) is 44.7 Å². The molecule has 3 heterocycles. The Balaban J connectivity index is 1.59. The molecular formula is C27H28N4O3. The third-order valence-corrected chi connectivity index (χ3v) is 6.75. The summed E-state index contributed by atoms with van der Waals surface area (Å²) in [5, 5.41) is 8.68. The predicted octanol–water partition coefficient (Wildman–Crippen LogP) is 3.89. The Bertz CT molecular complexity index is 1450. The highest BCUT2D eigenvalue weighted by atomic mass is 16.4. The van der Waals surface area contributed by atoms with Crippen molar-refractivity contribution in [3.63, 3.8) is 0 Å². The van der Waals surface area contributed by atoms with E-state index in [1.165, 1.54) is 0 Å². The normalized spacial score (nSPS) is 16.7. The maximum absolute atomic E-state index is 13.2. The van der Waals surface area contributed by atoms with Crippen LogP contribution < -0.4 is 10.9 Å². The molecule has 1 fully saturated rings. The fourth-order valence-corrected chi connectivity index (χ4v) is 4.90. The van der Waals surface area contributed by atoms with Crippen LogP contribution in [0, 0.1) is 27.7 Å². The van der Waals surface area contributed by atoms with E-state index in [1.807, 2.05) is 68.8 Å². The van der Waals surface area contributed by atoms with E-state index >= 15 is 0 Å². The summed E-state index contributed by atoms with van der Waals surface area (Å²) >= 11 is 0. The van der Waals surface area contributed by atoms with Gasteiger partial charge in [-0.25, -0.2) is 9.48 Å². The Labute approximate surface area is 198 Å². The molecule has 7 heteroatoms. The second-order valence-electron chi connectivity index (χ2n) is 9.02. The van der Waals surface area contributed by atoms with E-state index < -0.39 is 6.04 Å². The predicted molar refractivity (Wildman–Crippen MR) is 131 cm³/mol. The third kappa shape index (κ3) is 3.82. The van der Waals surface area contributed by atoms with Crippen molar-refractivity contribution >= 4 is 16.9 Å². The van der Waals surface area contributed by atoms with Gasteiger partial charge in [0.2, 0.25) is 5.91 Å². The summed E-state index contributed by atoms with van der Waals surface area (Å²) in [6.07, 6.45) is 0. The summed E-state index contributed by atoms with van der Waals surface area (Å²) in [5.74, 6) is -0.0515. The highest BCUT2D eigenvalue weighted by molar-refractivity contribution is 5.85. The van der Waals surface area contributed by atoms with E-state index in [-0.39, 0.29) is 11.5 Å². The van der Waals surface area contributed by atoms with Crippen molar-refractivity contribution in [2.45, 2.75) is 40.3 Å². The van der Waals surface area contributed by atoms with Crippen molar-refractivity contribution in [1.29, 1.82) is 0 Å². The van der Waals surface area contributed by atoms with Crippen LogP contribution in [-0.2, 0) is 11.3 Å². The van der Waals surface area contributed by atoms with Gasteiger partial charge in [0.25, 0.3) is 0 Å². The van der Waals surface area contributed by atoms with Crippen LogP contribution in [0.15, 0.2) is 57.7 Å². The molecule has 1 saturated heterocycles. The molecule has 1 aliphatic rings. The molecule has 1 N–H and O–H groups in total. The zero-order valence-electron chi connectivity index (χ0n) is 19.9. The number of carbonyl (C=O) groups is 1. The molecular weight excluding hydrogens is 428 g/mol. The van der Waals surface area contributed by atoms with Crippen LogP contribution in [0.1, 0.15) is 39.7 Å². The van der Waals surface area contributed by atoms with Crippen molar-refractivity contribution in [3.8, 4) is 5.69 Å². The highest BCUT2D eigenvalue weighted by Crippen LogP contribution is 2.32. The first-order chi connectivity index (χ1) is 16.3. The van der Waals surface area contributed by atoms with E-state index in [9.17, 15) is 9.59 Å². The molecule has 34 heavy (non-hydrogen) atoms. The smallest absolute Gasteiger partial charge is 0.336 e. The Morgan fingerprint density at radius 1 is 1.03 bits per heavy atom. The van der Waals surface area contributed by atoms with Gasteiger partial charge in [-0.1, -0.05) is 18.2 Å². The lowest BCUT2D eigenvalue weighted by Crippen LogP contribution is -2.49. The molecule has 2 aromatic heterocycles. The van der Waals surface area contributed by atoms with E-state index in [0.29, 0.717) is 25.2 Å². The first-order valence-corrected chi connectivity index (χ1v) is 11.5. The number of amides is 1. The lowest BCUT2D eigenvalue weighted by Gasteiger charge is -2.35. The number of hydrogen-bond donors (Lipinski definition) is 1. The molecule has 7 nitrogen and oxygen atoms in total. The van der Waals surface area contributed by atoms with Gasteiger partial charge in [-0.15, -0.1) is 0 Å². The number of nitrogens with zero attached hydrogens (tertiary/aromatic N) is 3. The molecule has 0 radical (unpaired) electrons. The van der Waals surface area contributed by atoms with Gasteiger partial charge in [0.1, 0.15) is 11.6 Å². The zero-order valence-corrected chi connectivity index (χ0v) is 19.9. The number of carbonyl (C=O) groups excluding carboxylic acids is 1. The maximum atomic E-state index is 13.2. The Hall–Kier alpha value is -3.71. The molecule has 5 rings (SSSR count). The number of para-hydroxylation sites is 1. The minimum Gasteiger partial charge on any atom is -0.423 e. The topological polar surface area (TPSA) is 80.4 Å². The molecule has 1 atom stereocenters. The summed E-state index contributed by atoms with van der Waals surface area (Å²) in [6.45, 7) is 9.67. The summed E-state index contributed by atoms with van der Waals surface area (Å²) < 4.78 is 7.38. The summed E-state index contributed by atoms with van der Waals surface area (Å²) in [4.78, 5) is 27.7. The van der Waals surface area contributed by atoms with E-state index in [1.54, 1.807) is 6.07 Å². The minimum absolute atomic E-state index is 0.0515. The van der Waals surface area contributed by atoms with Gasteiger partial charge < -0.3 is 9.73 Å². The molecule has 0 bridgehead atoms. The Kier molecular flexibility index (Phi) is 5.57. The van der Waals surface area contributed by atoms with Crippen molar-refractivity contribution in [1.82, 2.24) is 20.0 Å². The number of nitrogens with one attached hydrogen (secondary N) is 1. The van der Waals surface area contributed by atoms with Crippen molar-refractivity contribution in [2.75, 3.05) is 13.1 Å². The molecule has 2 aromatic carbocycles. The molecule has 0 spiro atoms. The van der Waals surface area contributed by atoms with Gasteiger partial charge in [0, 0.05) is 42.3 Å². The number of benzene rings is 2. The summed E-state index contributed by atoms with van der Waals surface area (Å²) in [5.41, 5.74) is 6.86. The minimum atomic E-state index is -0.500. The van der Waals surface area contributed by atoms with Crippen LogP contribution in [0.5, 0.6) is 0 Å². The zero-order chi connectivity index (χ0) is 24.0. The van der Waals surface area contributed by atoms with Gasteiger partial charge in [-0.05, 0) is 68.7 Å². The van der Waals surface area contributed by atoms with Crippen molar-refractivity contribution in [2.24, 2.45) is 0 Å². The average Bonchev–Trinajstić information content (AvgIpc) is 3.10. The quantitative estimate of drug-likeness (QED) is 0.472. The molecule has 1 unspecified atom stereocenters. The van der Waals surface area contributed by atoms with Crippen molar-refractivity contribution < 1.29 is 9.21 Å². The second kappa shape index (κ2) is 8.57. The second-order valence-corrected chi connectivity index (χ2v) is 9.02. The van der Waals surface area contributed by atoms with Gasteiger partial charge in [0.05, 0.1) is 11.4 Å². The lowest BCUT2D eigenvalue weighted by molar-refractivity contribution is -0.129. The SMILES string of the molecule is Cc1cc2oc(=O)cc(CN3CCNC(=O)C3c3c(C)nn(-c4ccccc4)c3C)c2cc1C. The lowest BCUT2D eigenvalue weighted by atomic mass is 9.98. The molecule has 0 saturated carbocycles. The Morgan fingerprint density at radius 3 is 2.53 bits per heavy atom. The molecule has 1 amide bonds. The average molecular weight is 457 g/mol. The first-order valence-electron chi connectivity index (χ1n) is 11.5. The first kappa shape index (κ1) is 22.1. The van der Waals surface area contributed by atoms with Crippen LogP contribution in [0.2, 0.25) is 0 Å². The number of aryl methyl sites for hydroxylation is 3. The van der Waals surface area contributed by atoms with Crippen LogP contribution in [0.4, 0.5) is 0 Å². The Morgan fingerprint density at radius 2 is 1.76 bits per heavy atom. The maximum Gasteiger partial charge on any atom is 0.336 e. The number of aromatic nitrogens is 2. The molecule has 0 aliphatic carbocycles. The van der Waals surface area contributed by atoms with Gasteiger partial charge >= 0.3 is 5.63 Å². The number of hydrogen-bond acceptors (Lipinski definition) is 5. The highest BCUT2D eigenvalue weighted by Gasteiger charge is 2.35. The summed E-state index contributed by atoms with van der Waals surface area (Å²) in [6, 6.07) is 14.9. The summed E-state index contributed by atoms with van der Waals surface area (Å²) in [7, 11) is 0. The van der Waals surface area contributed by atoms with Gasteiger partial charge in [0.15, 0.2) is 0 Å². The number of rotatable bonds is 4. The van der Waals surface area contributed by atoms with Crippen LogP contribution in [0.3, 0.4) is 0 Å². The monoisotopic (exact) mass is 456 g/mol. The van der Waals surface area contributed by atoms with E-state index in [2.05, 4.69) is 16.3 Å². The van der Waals surface area contributed by atoms with Crippen LogP contribution in [-0.4, -0.2) is 33.7 Å². The largest absolute Gasteiger partial charge is 0.423 e. The van der Waals surface area contributed by atoms with Gasteiger partial charge in [-0.2, -0.15) is 5.10 Å². The standard InChI is InChI=1S/C27H28N4O3/c1-16-12-22-20(14-24(32)34-23(22)13-17(16)2)15-30-11-10-28-27(33)26(30)25-18(3)29-31(19(25)4)21-8-6-5-7-9-21/h5-9,12-14,26H,10-11,15H2,1-4H3,(H,28,33). The molecule has 4 aromatic rings.